The maximum atomic E-state index is 9.22. The number of carbonyl (C=O) groups is 1. The Morgan fingerprint density at radius 3 is 2.25 bits per heavy atom. The molecular weight excluding hydrogens is 154 g/mol. The summed E-state index contributed by atoms with van der Waals surface area (Å²) in [5.74, 6) is 0. The third kappa shape index (κ3) is 4.13. The summed E-state index contributed by atoms with van der Waals surface area (Å²) in [6, 6.07) is 0. The molecule has 0 aliphatic carbocycles. The summed E-state index contributed by atoms with van der Waals surface area (Å²) in [5, 5.41) is 2.19. The maximum Gasteiger partial charge on any atom is 0.211 e. The van der Waals surface area contributed by atoms with Gasteiger partial charge in [-0.05, 0) is 12.6 Å². The fourth-order valence-corrected chi connectivity index (χ4v) is 0.703. The van der Waals surface area contributed by atoms with Crippen LogP contribution in [0.4, 0.5) is 0 Å². The zero-order valence-corrected chi connectivity index (χ0v) is 7.80. The highest BCUT2D eigenvalue weighted by atomic mass is 16.5. The number of hydrogen-bond acceptors (Lipinski definition) is 2. The van der Waals surface area contributed by atoms with Crippen LogP contribution in [0.25, 0.3) is 0 Å². The summed E-state index contributed by atoms with van der Waals surface area (Å²) in [6.45, 7) is 9.63. The molecule has 0 saturated carbocycles. The molecule has 0 radical (unpaired) electrons. The average molecular weight is 171 g/mol. The van der Waals surface area contributed by atoms with Crippen molar-refractivity contribution in [1.29, 1.82) is 0 Å². The summed E-state index contributed by atoms with van der Waals surface area (Å²) in [4.78, 5) is 9.22. The molecule has 0 bridgehead atoms. The van der Waals surface area contributed by atoms with E-state index < -0.39 is 0 Å². The Morgan fingerprint density at radius 1 is 1.67 bits per heavy atom. The van der Waals surface area contributed by atoms with Crippen LogP contribution in [0.15, 0.2) is 12.8 Å². The van der Waals surface area contributed by atoms with Crippen LogP contribution in [0.2, 0.25) is 0 Å². The maximum absolute atomic E-state index is 9.22. The number of amides is 1. The van der Waals surface area contributed by atoms with Crippen molar-refractivity contribution in [1.82, 2.24) is 5.32 Å². The Kier molecular flexibility index (Phi) is 5.37. The molecule has 3 nitrogen and oxygen atoms in total. The average Bonchev–Trinajstić information content (AvgIpc) is 2.03. The van der Waals surface area contributed by atoms with Gasteiger partial charge in [-0.2, -0.15) is 0 Å². The molecule has 0 aromatic carbocycles. The van der Waals surface area contributed by atoms with Gasteiger partial charge in [-0.3, -0.25) is 4.79 Å². The van der Waals surface area contributed by atoms with Crippen LogP contribution in [0.5, 0.6) is 0 Å². The molecule has 0 spiro atoms. The van der Waals surface area contributed by atoms with Crippen molar-refractivity contribution in [3.05, 3.63) is 12.8 Å². The molecule has 1 N–H and O–H groups in total. The van der Waals surface area contributed by atoms with Crippen molar-refractivity contribution >= 4 is 6.41 Å². The van der Waals surface area contributed by atoms with E-state index in [1.807, 2.05) is 0 Å². The van der Waals surface area contributed by atoms with Crippen LogP contribution >= 0.6 is 0 Å². The van der Waals surface area contributed by atoms with Crippen LogP contribution in [0.1, 0.15) is 20.3 Å². The zero-order chi connectivity index (χ0) is 9.45. The van der Waals surface area contributed by atoms with Gasteiger partial charge in [0, 0.05) is 5.41 Å². The topological polar surface area (TPSA) is 38.3 Å². The standard InChI is InChI=1S/C6H12O.C3H5NO/c1-3-6(2)4-7-5-6;1-2-4-3-5/h3-5H2,1-2H3;2-3H,1H2,(H,4,5). The molecule has 0 atom stereocenters. The minimum absolute atomic E-state index is 0.542. The molecule has 0 aromatic rings. The molecule has 1 aliphatic rings. The molecule has 1 rings (SSSR count). The quantitative estimate of drug-likeness (QED) is 0.650. The third-order valence-corrected chi connectivity index (χ3v) is 1.94. The van der Waals surface area contributed by atoms with E-state index in [9.17, 15) is 4.79 Å². The molecule has 3 heteroatoms. The van der Waals surface area contributed by atoms with Crippen molar-refractivity contribution in [2.45, 2.75) is 20.3 Å². The molecule has 12 heavy (non-hydrogen) atoms. The van der Waals surface area contributed by atoms with Gasteiger partial charge in [-0.15, -0.1) is 0 Å². The first-order valence-electron chi connectivity index (χ1n) is 4.07. The van der Waals surface area contributed by atoms with E-state index in [1.165, 1.54) is 12.6 Å². The SMILES string of the molecule is C=CNC=O.CCC1(C)COC1. The molecule has 1 saturated heterocycles. The lowest BCUT2D eigenvalue weighted by Gasteiger charge is -2.36. The summed E-state index contributed by atoms with van der Waals surface area (Å²) < 4.78 is 5.03. The van der Waals surface area contributed by atoms with Crippen molar-refractivity contribution in [2.75, 3.05) is 13.2 Å². The van der Waals surface area contributed by atoms with Crippen molar-refractivity contribution < 1.29 is 9.53 Å². The Balaban J connectivity index is 0.000000217. The smallest absolute Gasteiger partial charge is 0.211 e. The van der Waals surface area contributed by atoms with Gasteiger partial charge in [0.15, 0.2) is 0 Å². The minimum atomic E-state index is 0.542. The van der Waals surface area contributed by atoms with Crippen LogP contribution in [-0.2, 0) is 9.53 Å². The van der Waals surface area contributed by atoms with E-state index in [0.717, 1.165) is 13.2 Å². The van der Waals surface area contributed by atoms with Crippen LogP contribution in [0.3, 0.4) is 0 Å². The lowest BCUT2D eigenvalue weighted by Crippen LogP contribution is -2.38. The molecule has 1 amide bonds. The summed E-state index contributed by atoms with van der Waals surface area (Å²) in [6.07, 6.45) is 3.13. The minimum Gasteiger partial charge on any atom is -0.380 e. The van der Waals surface area contributed by atoms with E-state index >= 15 is 0 Å². The first-order valence-corrected chi connectivity index (χ1v) is 4.07. The predicted molar refractivity (Wildman–Crippen MR) is 48.6 cm³/mol. The molecule has 0 unspecified atom stereocenters. The molecule has 70 valence electrons. The van der Waals surface area contributed by atoms with E-state index in [4.69, 9.17) is 4.74 Å². The summed E-state index contributed by atoms with van der Waals surface area (Å²) >= 11 is 0. The second-order valence-corrected chi connectivity index (χ2v) is 3.15. The fraction of sp³-hybridized carbons (Fsp3) is 0.667. The molecular formula is C9H17NO2. The van der Waals surface area contributed by atoms with Gasteiger partial charge in [0.1, 0.15) is 0 Å². The van der Waals surface area contributed by atoms with Gasteiger partial charge in [0.05, 0.1) is 13.2 Å². The van der Waals surface area contributed by atoms with E-state index in [1.54, 1.807) is 0 Å². The Hall–Kier alpha value is -0.830. The highest BCUT2D eigenvalue weighted by Gasteiger charge is 2.30. The number of nitrogens with one attached hydrogen (secondary N) is 1. The van der Waals surface area contributed by atoms with Gasteiger partial charge >= 0.3 is 0 Å². The van der Waals surface area contributed by atoms with Crippen molar-refractivity contribution in [2.24, 2.45) is 5.41 Å². The number of hydrogen-bond donors (Lipinski definition) is 1. The second kappa shape index (κ2) is 5.77. The highest BCUT2D eigenvalue weighted by Crippen LogP contribution is 2.29. The predicted octanol–water partition coefficient (Wildman–Crippen LogP) is 1.31. The highest BCUT2D eigenvalue weighted by molar-refractivity contribution is 5.47. The molecule has 0 aromatic heterocycles. The van der Waals surface area contributed by atoms with E-state index in [2.05, 4.69) is 25.7 Å². The van der Waals surface area contributed by atoms with Crippen molar-refractivity contribution in [3.63, 3.8) is 0 Å². The Morgan fingerprint density at radius 2 is 2.25 bits per heavy atom. The lowest BCUT2D eigenvalue weighted by atomic mass is 9.86. The Labute approximate surface area is 73.8 Å². The number of carbonyl (C=O) groups excluding carboxylic acids is 1. The van der Waals surface area contributed by atoms with Crippen LogP contribution in [-0.4, -0.2) is 19.6 Å². The summed E-state index contributed by atoms with van der Waals surface area (Å²) in [7, 11) is 0. The first-order chi connectivity index (χ1) is 5.68. The lowest BCUT2D eigenvalue weighted by molar-refractivity contribution is -0.108. The summed E-state index contributed by atoms with van der Waals surface area (Å²) in [5.41, 5.74) is 0.542. The van der Waals surface area contributed by atoms with Gasteiger partial charge < -0.3 is 10.1 Å². The number of rotatable bonds is 3. The van der Waals surface area contributed by atoms with Gasteiger partial charge in [-0.25, -0.2) is 0 Å². The van der Waals surface area contributed by atoms with E-state index in [0.29, 0.717) is 11.8 Å². The first kappa shape index (κ1) is 11.2. The third-order valence-electron chi connectivity index (χ3n) is 1.94. The van der Waals surface area contributed by atoms with Crippen LogP contribution < -0.4 is 5.32 Å². The molecule has 1 aliphatic heterocycles. The van der Waals surface area contributed by atoms with Gasteiger partial charge in [0.2, 0.25) is 6.41 Å². The van der Waals surface area contributed by atoms with Crippen LogP contribution in [0, 0.1) is 5.41 Å². The number of ether oxygens (including phenoxy) is 1. The monoisotopic (exact) mass is 171 g/mol. The molecule has 1 heterocycles. The fourth-order valence-electron chi connectivity index (χ4n) is 0.703. The van der Waals surface area contributed by atoms with E-state index in [-0.39, 0.29) is 0 Å². The Bertz CT molecular complexity index is 130. The van der Waals surface area contributed by atoms with Gasteiger partial charge in [0.25, 0.3) is 0 Å². The second-order valence-electron chi connectivity index (χ2n) is 3.15. The normalized spacial score (nSPS) is 17.8. The van der Waals surface area contributed by atoms with Gasteiger partial charge in [-0.1, -0.05) is 20.4 Å². The largest absolute Gasteiger partial charge is 0.380 e. The zero-order valence-electron chi connectivity index (χ0n) is 7.80. The molecule has 1 fully saturated rings. The van der Waals surface area contributed by atoms with Crippen molar-refractivity contribution in [3.8, 4) is 0 Å².